The maximum atomic E-state index is 13.7. The monoisotopic (exact) mass is 499 g/mol. The molecule has 8 heteroatoms. The first-order valence-corrected chi connectivity index (χ1v) is 14.1. The topological polar surface area (TPSA) is 86.8 Å². The predicted molar refractivity (Wildman–Crippen MR) is 140 cm³/mol. The van der Waals surface area contributed by atoms with Crippen molar-refractivity contribution in [1.82, 2.24) is 10.2 Å². The van der Waals surface area contributed by atoms with E-state index in [1.54, 1.807) is 13.0 Å². The number of benzene rings is 2. The summed E-state index contributed by atoms with van der Waals surface area (Å²) in [6.45, 7) is 5.24. The van der Waals surface area contributed by atoms with E-state index < -0.39 is 22.0 Å². The van der Waals surface area contributed by atoms with E-state index in [1.165, 1.54) is 11.3 Å². The van der Waals surface area contributed by atoms with Crippen molar-refractivity contribution < 1.29 is 18.0 Å². The van der Waals surface area contributed by atoms with Crippen molar-refractivity contribution in [3.8, 4) is 0 Å². The number of amides is 2. The number of carbonyl (C=O) groups is 2. The Morgan fingerprint density at radius 2 is 1.69 bits per heavy atom. The maximum absolute atomic E-state index is 13.7. The number of anilines is 1. The van der Waals surface area contributed by atoms with Gasteiger partial charge in [0, 0.05) is 12.6 Å². The van der Waals surface area contributed by atoms with E-state index >= 15 is 0 Å². The largest absolute Gasteiger partial charge is 0.352 e. The Labute approximate surface area is 209 Å². The summed E-state index contributed by atoms with van der Waals surface area (Å²) in [6.07, 6.45) is 6.35. The van der Waals surface area contributed by atoms with Crippen LogP contribution in [-0.2, 0) is 26.2 Å². The van der Waals surface area contributed by atoms with E-state index in [0.29, 0.717) is 5.69 Å². The van der Waals surface area contributed by atoms with Gasteiger partial charge in [0.1, 0.15) is 12.6 Å². The second kappa shape index (κ2) is 11.7. The third-order valence-electron chi connectivity index (χ3n) is 6.63. The van der Waals surface area contributed by atoms with Crippen molar-refractivity contribution in [1.29, 1.82) is 0 Å². The molecule has 0 aliphatic heterocycles. The van der Waals surface area contributed by atoms with Crippen LogP contribution in [0.1, 0.15) is 55.7 Å². The van der Waals surface area contributed by atoms with E-state index in [9.17, 15) is 18.0 Å². The van der Waals surface area contributed by atoms with E-state index in [2.05, 4.69) is 5.32 Å². The van der Waals surface area contributed by atoms with Crippen LogP contribution in [0.15, 0.2) is 48.5 Å². The lowest BCUT2D eigenvalue weighted by Gasteiger charge is -2.33. The molecule has 0 radical (unpaired) electrons. The summed E-state index contributed by atoms with van der Waals surface area (Å²) in [5.74, 6) is -0.634. The van der Waals surface area contributed by atoms with Crippen molar-refractivity contribution in [2.75, 3.05) is 17.1 Å². The summed E-state index contributed by atoms with van der Waals surface area (Å²) < 4.78 is 26.6. The molecule has 35 heavy (non-hydrogen) atoms. The first-order chi connectivity index (χ1) is 16.6. The zero-order valence-corrected chi connectivity index (χ0v) is 22.0. The van der Waals surface area contributed by atoms with Crippen molar-refractivity contribution >= 4 is 27.5 Å². The summed E-state index contributed by atoms with van der Waals surface area (Å²) in [6, 6.07) is 14.3. The Kier molecular flexibility index (Phi) is 8.94. The fraction of sp³-hybridized carbons (Fsp3) is 0.481. The minimum atomic E-state index is -3.74. The minimum absolute atomic E-state index is 0.120. The Balaban J connectivity index is 1.88. The van der Waals surface area contributed by atoms with Gasteiger partial charge in [-0.2, -0.15) is 0 Å². The molecule has 2 amide bonds. The normalized spacial score (nSPS) is 15.3. The first-order valence-electron chi connectivity index (χ1n) is 12.2. The van der Waals surface area contributed by atoms with Crippen LogP contribution >= 0.6 is 0 Å². The molecule has 0 saturated heterocycles. The van der Waals surface area contributed by atoms with Gasteiger partial charge in [0.25, 0.3) is 0 Å². The molecule has 0 unspecified atom stereocenters. The van der Waals surface area contributed by atoms with Gasteiger partial charge >= 0.3 is 0 Å². The highest BCUT2D eigenvalue weighted by Gasteiger charge is 2.31. The second-order valence-corrected chi connectivity index (χ2v) is 11.5. The molecule has 0 heterocycles. The molecule has 190 valence electrons. The summed E-state index contributed by atoms with van der Waals surface area (Å²) in [7, 11) is -3.74. The van der Waals surface area contributed by atoms with Gasteiger partial charge in [-0.05, 0) is 56.4 Å². The zero-order chi connectivity index (χ0) is 25.6. The predicted octanol–water partition coefficient (Wildman–Crippen LogP) is 3.94. The lowest BCUT2D eigenvalue weighted by Crippen LogP contribution is -2.53. The number of carbonyl (C=O) groups excluding carboxylic acids is 2. The highest BCUT2D eigenvalue weighted by atomic mass is 32.2. The second-order valence-electron chi connectivity index (χ2n) is 9.59. The van der Waals surface area contributed by atoms with Crippen LogP contribution in [0.2, 0.25) is 0 Å². The van der Waals surface area contributed by atoms with Crippen LogP contribution in [0.25, 0.3) is 0 Å². The Hall–Kier alpha value is -2.87. The van der Waals surface area contributed by atoms with Crippen LogP contribution < -0.4 is 9.62 Å². The lowest BCUT2D eigenvalue weighted by molar-refractivity contribution is -0.139. The average Bonchev–Trinajstić information content (AvgIpc) is 2.82. The third-order valence-corrected chi connectivity index (χ3v) is 7.75. The van der Waals surface area contributed by atoms with Gasteiger partial charge in [0.2, 0.25) is 21.8 Å². The van der Waals surface area contributed by atoms with Gasteiger partial charge in [0.05, 0.1) is 11.9 Å². The van der Waals surface area contributed by atoms with Crippen molar-refractivity contribution in [2.24, 2.45) is 0 Å². The molecular formula is C27H37N3O4S. The smallest absolute Gasteiger partial charge is 0.244 e. The Morgan fingerprint density at radius 1 is 1.03 bits per heavy atom. The summed E-state index contributed by atoms with van der Waals surface area (Å²) in [5, 5.41) is 3.11. The molecule has 1 saturated carbocycles. The van der Waals surface area contributed by atoms with E-state index in [1.807, 2.05) is 56.3 Å². The van der Waals surface area contributed by atoms with E-state index in [4.69, 9.17) is 0 Å². The van der Waals surface area contributed by atoms with Crippen molar-refractivity contribution in [3.05, 3.63) is 65.2 Å². The van der Waals surface area contributed by atoms with Crippen LogP contribution in [0.3, 0.4) is 0 Å². The molecule has 2 aromatic carbocycles. The van der Waals surface area contributed by atoms with Gasteiger partial charge in [-0.15, -0.1) is 0 Å². The number of aryl methyl sites for hydroxylation is 2. The van der Waals surface area contributed by atoms with Gasteiger partial charge in [-0.1, -0.05) is 61.7 Å². The molecule has 1 aliphatic carbocycles. The number of sulfonamides is 1. The molecular weight excluding hydrogens is 462 g/mol. The standard InChI is InChI=1S/C27H37N3O4S/c1-20-15-16-21(2)25(17-20)30(35(4,33)34)19-26(31)29(18-23-11-7-5-8-12-23)22(3)27(32)28-24-13-9-6-10-14-24/h5,7-8,11-12,15-17,22,24H,6,9-10,13-14,18-19H2,1-4H3,(H,28,32)/t22-/m0/s1. The molecule has 1 N–H and O–H groups in total. The highest BCUT2D eigenvalue weighted by Crippen LogP contribution is 2.25. The van der Waals surface area contributed by atoms with Gasteiger partial charge < -0.3 is 10.2 Å². The number of hydrogen-bond acceptors (Lipinski definition) is 4. The number of rotatable bonds is 9. The first kappa shape index (κ1) is 26.7. The lowest BCUT2D eigenvalue weighted by atomic mass is 9.95. The number of hydrogen-bond donors (Lipinski definition) is 1. The summed E-state index contributed by atoms with van der Waals surface area (Å²) in [5.41, 5.74) is 3.00. The fourth-order valence-electron chi connectivity index (χ4n) is 4.51. The number of nitrogens with one attached hydrogen (secondary N) is 1. The minimum Gasteiger partial charge on any atom is -0.352 e. The van der Waals surface area contributed by atoms with Gasteiger partial charge in [-0.25, -0.2) is 8.42 Å². The molecule has 3 rings (SSSR count). The highest BCUT2D eigenvalue weighted by molar-refractivity contribution is 7.92. The molecule has 1 atom stereocenters. The maximum Gasteiger partial charge on any atom is 0.244 e. The molecule has 7 nitrogen and oxygen atoms in total. The molecule has 2 aromatic rings. The summed E-state index contributed by atoms with van der Waals surface area (Å²) in [4.78, 5) is 28.3. The zero-order valence-electron chi connectivity index (χ0n) is 21.2. The fourth-order valence-corrected chi connectivity index (χ4v) is 5.41. The van der Waals surface area contributed by atoms with Crippen LogP contribution in [0.5, 0.6) is 0 Å². The molecule has 0 aromatic heterocycles. The molecule has 1 aliphatic rings. The van der Waals surface area contributed by atoms with Crippen LogP contribution in [0, 0.1) is 13.8 Å². The Bertz CT molecular complexity index is 1130. The van der Waals surface area contributed by atoms with Crippen molar-refractivity contribution in [2.45, 2.75) is 71.5 Å². The number of nitrogens with zero attached hydrogens (tertiary/aromatic N) is 2. The average molecular weight is 500 g/mol. The van der Waals surface area contributed by atoms with Crippen LogP contribution in [-0.4, -0.2) is 50.0 Å². The van der Waals surface area contributed by atoms with E-state index in [0.717, 1.165) is 52.9 Å². The Morgan fingerprint density at radius 3 is 2.31 bits per heavy atom. The molecule has 1 fully saturated rings. The molecule has 0 bridgehead atoms. The molecule has 0 spiro atoms. The van der Waals surface area contributed by atoms with Crippen LogP contribution in [0.4, 0.5) is 5.69 Å². The quantitative estimate of drug-likeness (QED) is 0.566. The summed E-state index contributed by atoms with van der Waals surface area (Å²) >= 11 is 0. The van der Waals surface area contributed by atoms with Crippen molar-refractivity contribution in [3.63, 3.8) is 0 Å². The SMILES string of the molecule is Cc1ccc(C)c(N(CC(=O)N(Cc2ccccc2)[C@@H](C)C(=O)NC2CCCCC2)S(C)(=O)=O)c1. The van der Waals surface area contributed by atoms with Gasteiger partial charge in [-0.3, -0.25) is 13.9 Å². The third kappa shape index (κ3) is 7.31. The van der Waals surface area contributed by atoms with Gasteiger partial charge in [0.15, 0.2) is 0 Å². The van der Waals surface area contributed by atoms with E-state index in [-0.39, 0.29) is 25.0 Å².